The van der Waals surface area contributed by atoms with Crippen LogP contribution < -0.4 is 0 Å². The lowest BCUT2D eigenvalue weighted by Gasteiger charge is -2.38. The number of ether oxygens (including phenoxy) is 2. The second-order valence-electron chi connectivity index (χ2n) is 7.90. The first-order valence-corrected chi connectivity index (χ1v) is 10.4. The average Bonchev–Trinajstić information content (AvgIpc) is 3.40. The smallest absolute Gasteiger partial charge is 0.291 e. The fourth-order valence-electron chi connectivity index (χ4n) is 4.57. The van der Waals surface area contributed by atoms with E-state index in [4.69, 9.17) is 19.0 Å². The zero-order valence-electron chi connectivity index (χ0n) is 16.8. The van der Waals surface area contributed by atoms with Gasteiger partial charge in [-0.15, -0.1) is 0 Å². The van der Waals surface area contributed by atoms with Crippen molar-refractivity contribution in [2.45, 2.75) is 44.2 Å². The highest BCUT2D eigenvalue weighted by Gasteiger charge is 2.30. The Balaban J connectivity index is 1.32. The lowest BCUT2D eigenvalue weighted by atomic mass is 9.94. The maximum atomic E-state index is 5.67. The maximum Gasteiger partial charge on any atom is 0.291 e. The number of rotatable bonds is 5. The third kappa shape index (κ3) is 3.68. The third-order valence-corrected chi connectivity index (χ3v) is 6.15. The normalized spacial score (nSPS) is 19.9. The van der Waals surface area contributed by atoms with Crippen molar-refractivity contribution < 1.29 is 14.0 Å². The largest absolute Gasteiger partial charge is 0.381 e. The van der Waals surface area contributed by atoms with E-state index >= 15 is 0 Å². The first-order valence-electron chi connectivity index (χ1n) is 10.4. The molecule has 0 bridgehead atoms. The maximum absolute atomic E-state index is 5.67. The summed E-state index contributed by atoms with van der Waals surface area (Å²) in [6.45, 7) is 4.38. The van der Waals surface area contributed by atoms with E-state index in [-0.39, 0.29) is 0 Å². The number of hydrogen-bond acceptors (Lipinski definition) is 7. The summed E-state index contributed by atoms with van der Waals surface area (Å²) in [7, 11) is 1.67. The molecule has 154 valence electrons. The van der Waals surface area contributed by atoms with Crippen molar-refractivity contribution in [2.24, 2.45) is 0 Å². The molecule has 0 atom stereocenters. The van der Waals surface area contributed by atoms with Gasteiger partial charge in [0.25, 0.3) is 5.95 Å². The highest BCUT2D eigenvalue weighted by molar-refractivity contribution is 5.82. The molecule has 1 aromatic carbocycles. The van der Waals surface area contributed by atoms with Crippen LogP contribution in [-0.2, 0) is 16.1 Å². The Kier molecular flexibility index (Phi) is 5.30. The Morgan fingerprint density at radius 1 is 1.10 bits per heavy atom. The lowest BCUT2D eigenvalue weighted by molar-refractivity contribution is 0.0239. The molecule has 8 nitrogen and oxygen atoms in total. The topological polar surface area (TPSA) is 78.4 Å². The predicted octanol–water partition coefficient (Wildman–Crippen LogP) is 2.91. The standard InChI is InChI=1S/C21H27N5O3/c1-27-14-18-17-4-2-3-5-19(17)26(23-18)21-22-20(29-24-21)15-6-10-25(11-7-15)16-8-12-28-13-9-16/h2-5,15-16H,6-14H2,1H3. The number of methoxy groups -OCH3 is 1. The van der Waals surface area contributed by atoms with Crippen molar-refractivity contribution in [3.63, 3.8) is 0 Å². The van der Waals surface area contributed by atoms with Gasteiger partial charge in [-0.1, -0.05) is 18.2 Å². The van der Waals surface area contributed by atoms with Crippen LogP contribution in [0, 0.1) is 0 Å². The molecule has 4 heterocycles. The molecule has 8 heteroatoms. The molecule has 0 N–H and O–H groups in total. The van der Waals surface area contributed by atoms with Crippen molar-refractivity contribution in [3.05, 3.63) is 35.9 Å². The van der Waals surface area contributed by atoms with Gasteiger partial charge in [-0.2, -0.15) is 14.8 Å². The molecule has 3 aromatic rings. The van der Waals surface area contributed by atoms with Gasteiger partial charge >= 0.3 is 0 Å². The van der Waals surface area contributed by atoms with E-state index in [0.717, 1.165) is 74.5 Å². The molecule has 0 radical (unpaired) electrons. The molecule has 0 amide bonds. The van der Waals surface area contributed by atoms with Crippen LogP contribution in [0.1, 0.15) is 43.2 Å². The molecule has 2 aromatic heterocycles. The van der Waals surface area contributed by atoms with Gasteiger partial charge in [0.15, 0.2) is 0 Å². The van der Waals surface area contributed by atoms with Gasteiger partial charge in [0.1, 0.15) is 0 Å². The Morgan fingerprint density at radius 3 is 2.69 bits per heavy atom. The van der Waals surface area contributed by atoms with E-state index in [1.807, 2.05) is 24.3 Å². The molecule has 0 unspecified atom stereocenters. The number of piperidine rings is 1. The van der Waals surface area contributed by atoms with Crippen LogP contribution in [0.5, 0.6) is 0 Å². The molecule has 2 saturated heterocycles. The van der Waals surface area contributed by atoms with E-state index in [1.165, 1.54) is 0 Å². The number of aromatic nitrogens is 4. The van der Waals surface area contributed by atoms with Crippen molar-refractivity contribution >= 4 is 10.9 Å². The van der Waals surface area contributed by atoms with Crippen molar-refractivity contribution in [1.82, 2.24) is 24.8 Å². The van der Waals surface area contributed by atoms with E-state index in [0.29, 0.717) is 24.5 Å². The fraction of sp³-hybridized carbons (Fsp3) is 0.571. The second-order valence-corrected chi connectivity index (χ2v) is 7.90. The van der Waals surface area contributed by atoms with Crippen LogP contribution in [0.3, 0.4) is 0 Å². The summed E-state index contributed by atoms with van der Waals surface area (Å²) in [6, 6.07) is 8.72. The van der Waals surface area contributed by atoms with Crippen molar-refractivity contribution in [1.29, 1.82) is 0 Å². The summed E-state index contributed by atoms with van der Waals surface area (Å²) < 4.78 is 18.2. The van der Waals surface area contributed by atoms with Crippen molar-refractivity contribution in [3.8, 4) is 5.95 Å². The van der Waals surface area contributed by atoms with Crippen LogP contribution >= 0.6 is 0 Å². The molecule has 2 fully saturated rings. The monoisotopic (exact) mass is 397 g/mol. The summed E-state index contributed by atoms with van der Waals surface area (Å²) in [6.07, 6.45) is 4.39. The molecule has 2 aliphatic rings. The van der Waals surface area contributed by atoms with Crippen LogP contribution in [0.15, 0.2) is 28.8 Å². The van der Waals surface area contributed by atoms with Crippen LogP contribution in [0.2, 0.25) is 0 Å². The third-order valence-electron chi connectivity index (χ3n) is 6.15. The van der Waals surface area contributed by atoms with Gasteiger partial charge in [-0.25, -0.2) is 0 Å². The number of benzene rings is 1. The van der Waals surface area contributed by atoms with Gasteiger partial charge in [0.05, 0.1) is 17.8 Å². The Labute approximate surface area is 169 Å². The van der Waals surface area contributed by atoms with Crippen LogP contribution in [-0.4, -0.2) is 64.3 Å². The summed E-state index contributed by atoms with van der Waals surface area (Å²) in [5.41, 5.74) is 1.83. The summed E-state index contributed by atoms with van der Waals surface area (Å²) in [4.78, 5) is 7.31. The first-order chi connectivity index (χ1) is 14.3. The second kappa shape index (κ2) is 8.22. The Hall–Kier alpha value is -2.29. The molecule has 29 heavy (non-hydrogen) atoms. The van der Waals surface area contributed by atoms with Crippen LogP contribution in [0.25, 0.3) is 16.9 Å². The van der Waals surface area contributed by atoms with E-state index < -0.39 is 0 Å². The molecule has 0 spiro atoms. The summed E-state index contributed by atoms with van der Waals surface area (Å²) in [5, 5.41) is 9.95. The van der Waals surface area contributed by atoms with E-state index in [2.05, 4.69) is 15.2 Å². The minimum atomic E-state index is 0.313. The first kappa shape index (κ1) is 18.7. The highest BCUT2D eigenvalue weighted by Crippen LogP contribution is 2.30. The molecular weight excluding hydrogens is 370 g/mol. The zero-order chi connectivity index (χ0) is 19.6. The fourth-order valence-corrected chi connectivity index (χ4v) is 4.57. The van der Waals surface area contributed by atoms with Gasteiger partial charge in [-0.05, 0) is 50.0 Å². The molecule has 5 rings (SSSR count). The van der Waals surface area contributed by atoms with Crippen molar-refractivity contribution in [2.75, 3.05) is 33.4 Å². The Bertz CT molecular complexity index is 954. The molecule has 2 aliphatic heterocycles. The number of para-hydroxylation sites is 1. The quantitative estimate of drug-likeness (QED) is 0.655. The van der Waals surface area contributed by atoms with Gasteiger partial charge < -0.3 is 18.9 Å². The lowest BCUT2D eigenvalue weighted by Crippen LogP contribution is -2.43. The zero-order valence-corrected chi connectivity index (χ0v) is 16.8. The van der Waals surface area contributed by atoms with Gasteiger partial charge in [-0.3, -0.25) is 0 Å². The molecular formula is C21H27N5O3. The molecule has 0 saturated carbocycles. The van der Waals surface area contributed by atoms with E-state index in [9.17, 15) is 0 Å². The van der Waals surface area contributed by atoms with E-state index in [1.54, 1.807) is 11.8 Å². The van der Waals surface area contributed by atoms with Gasteiger partial charge in [0.2, 0.25) is 5.89 Å². The SMILES string of the molecule is COCc1nn(-c2noc(C3CCN(C4CCOCC4)CC3)n2)c2ccccc12. The summed E-state index contributed by atoms with van der Waals surface area (Å²) in [5.74, 6) is 1.53. The summed E-state index contributed by atoms with van der Waals surface area (Å²) >= 11 is 0. The van der Waals surface area contributed by atoms with Gasteiger partial charge in [0, 0.05) is 37.7 Å². The minimum Gasteiger partial charge on any atom is -0.381 e. The number of likely N-dealkylation sites (tertiary alicyclic amines) is 1. The minimum absolute atomic E-state index is 0.313. The predicted molar refractivity (Wildman–Crippen MR) is 107 cm³/mol. The van der Waals surface area contributed by atoms with Crippen LogP contribution in [0.4, 0.5) is 0 Å². The number of nitrogens with zero attached hydrogens (tertiary/aromatic N) is 5. The molecule has 0 aliphatic carbocycles. The average molecular weight is 397 g/mol. The number of fused-ring (bicyclic) bond motifs is 1. The Morgan fingerprint density at radius 2 is 1.90 bits per heavy atom. The number of hydrogen-bond donors (Lipinski definition) is 0. The highest BCUT2D eigenvalue weighted by atomic mass is 16.5.